The van der Waals surface area contributed by atoms with E-state index in [1.807, 2.05) is 0 Å². The number of nitrogens with one attached hydrogen (secondary N) is 1. The van der Waals surface area contributed by atoms with E-state index >= 15 is 0 Å². The first-order valence-corrected chi connectivity index (χ1v) is 12.8. The van der Waals surface area contributed by atoms with E-state index in [0.29, 0.717) is 30.4 Å². The van der Waals surface area contributed by atoms with E-state index in [4.69, 9.17) is 4.74 Å². The summed E-state index contributed by atoms with van der Waals surface area (Å²) in [5, 5.41) is 2.43. The summed E-state index contributed by atoms with van der Waals surface area (Å²) >= 11 is 0. The molecule has 5 atom stereocenters. The van der Waals surface area contributed by atoms with Gasteiger partial charge in [0.1, 0.15) is 0 Å². The highest BCUT2D eigenvalue weighted by molar-refractivity contribution is 6.28. The summed E-state index contributed by atoms with van der Waals surface area (Å²) in [6.45, 7) is 2.06. The number of unbranched alkanes of at least 4 members (excludes halogenated alkanes) is 2. The second-order valence-electron chi connectivity index (χ2n) is 10.2. The number of ketones is 2. The van der Waals surface area contributed by atoms with Crippen molar-refractivity contribution in [3.8, 4) is 11.8 Å². The van der Waals surface area contributed by atoms with Gasteiger partial charge in [0.2, 0.25) is 11.8 Å². The number of rotatable bonds is 4. The predicted octanol–water partition coefficient (Wildman–Crippen LogP) is 3.48. The maximum Gasteiger partial charge on any atom is 0.339 e. The highest BCUT2D eigenvalue weighted by Crippen LogP contribution is 2.61. The first kappa shape index (κ1) is 23.4. The van der Waals surface area contributed by atoms with Gasteiger partial charge in [-0.25, -0.2) is 4.79 Å². The lowest BCUT2D eigenvalue weighted by Crippen LogP contribution is -2.43. The number of hydrogen-bond donors (Lipinski definition) is 1. The lowest BCUT2D eigenvalue weighted by molar-refractivity contribution is -0.128. The first-order chi connectivity index (χ1) is 17.9. The molecule has 2 aromatic carbocycles. The molecule has 1 aliphatic heterocycles. The Morgan fingerprint density at radius 2 is 1.51 bits per heavy atom. The molecule has 7 nitrogen and oxygen atoms in total. The molecule has 6 rings (SSSR count). The number of ether oxygens (including phenoxy) is 1. The molecule has 2 saturated carbocycles. The number of carbonyl (C=O) groups is 5. The molecule has 1 saturated heterocycles. The minimum atomic E-state index is -1.24. The van der Waals surface area contributed by atoms with Gasteiger partial charge in [-0.2, -0.15) is 0 Å². The molecule has 7 heteroatoms. The van der Waals surface area contributed by atoms with Crippen molar-refractivity contribution in [2.45, 2.75) is 44.6 Å². The molecule has 4 aliphatic rings. The van der Waals surface area contributed by atoms with E-state index in [2.05, 4.69) is 24.1 Å². The van der Waals surface area contributed by atoms with Crippen molar-refractivity contribution >= 4 is 29.4 Å². The third-order valence-corrected chi connectivity index (χ3v) is 8.36. The highest BCUT2D eigenvalue weighted by Gasteiger charge is 2.71. The Labute approximate surface area is 214 Å². The van der Waals surface area contributed by atoms with Crippen molar-refractivity contribution in [1.29, 1.82) is 0 Å². The van der Waals surface area contributed by atoms with Crippen LogP contribution in [0.3, 0.4) is 0 Å². The standard InChI is InChI=1S/C30H25NO6/c1-2-3-4-7-14-30(21-12-13-22(30)24-23(21)27(34)31-28(24)35)37-29(36)16-10-11-19-20(15-16)26(33)18-9-6-5-8-17(18)25(19)32/h5-6,8-11,15,21-24H,2-4,12-13H2,1H3,(H,31,34,35)/t21-,22+,23-,24+,30?. The zero-order valence-corrected chi connectivity index (χ0v) is 20.3. The van der Waals surface area contributed by atoms with Gasteiger partial charge in [-0.3, -0.25) is 24.5 Å². The minimum absolute atomic E-state index is 0.126. The first-order valence-electron chi connectivity index (χ1n) is 12.8. The molecule has 0 spiro atoms. The molecular formula is C30H25NO6. The SMILES string of the molecule is CCCCC#CC1(OC(=O)c2ccc3c(c2)C(=O)c2ccccc2C3=O)[C@@H]2CC[C@H]1[C@@H]1C(=O)NC(=O)[C@@H]12. The number of esters is 1. The number of amides is 2. The Hall–Kier alpha value is -4.05. The quantitative estimate of drug-likeness (QED) is 0.257. The summed E-state index contributed by atoms with van der Waals surface area (Å²) in [6, 6.07) is 11.0. The number of carbonyl (C=O) groups excluding carboxylic acids is 5. The maximum absolute atomic E-state index is 13.5. The lowest BCUT2D eigenvalue weighted by Gasteiger charge is -2.30. The third-order valence-electron chi connectivity index (χ3n) is 8.36. The number of fused-ring (bicyclic) bond motifs is 7. The van der Waals surface area contributed by atoms with Crippen LogP contribution in [0.4, 0.5) is 0 Å². The van der Waals surface area contributed by atoms with Gasteiger partial charge < -0.3 is 4.74 Å². The fourth-order valence-electron chi connectivity index (χ4n) is 6.70. The summed E-state index contributed by atoms with van der Waals surface area (Å²) in [4.78, 5) is 64.9. The van der Waals surface area contributed by atoms with Crippen LogP contribution in [0.25, 0.3) is 0 Å². The van der Waals surface area contributed by atoms with E-state index in [1.54, 1.807) is 24.3 Å². The van der Waals surface area contributed by atoms with E-state index in [0.717, 1.165) is 12.8 Å². The van der Waals surface area contributed by atoms with Gasteiger partial charge in [-0.05, 0) is 37.5 Å². The van der Waals surface area contributed by atoms with Crippen molar-refractivity contribution in [2.24, 2.45) is 23.7 Å². The Balaban J connectivity index is 1.36. The Morgan fingerprint density at radius 1 is 0.919 bits per heavy atom. The molecule has 2 bridgehead atoms. The average Bonchev–Trinajstić information content (AvgIpc) is 3.50. The van der Waals surface area contributed by atoms with Crippen LogP contribution < -0.4 is 5.32 Å². The summed E-state index contributed by atoms with van der Waals surface area (Å²) in [5.41, 5.74) is -0.0745. The maximum atomic E-state index is 13.5. The summed E-state index contributed by atoms with van der Waals surface area (Å²) in [7, 11) is 0. The smallest absolute Gasteiger partial charge is 0.339 e. The molecule has 3 fully saturated rings. The van der Waals surface area contributed by atoms with Crippen molar-refractivity contribution in [1.82, 2.24) is 5.32 Å². The molecule has 1 unspecified atom stereocenters. The Kier molecular flexibility index (Phi) is 5.38. The van der Waals surface area contributed by atoms with E-state index in [9.17, 15) is 24.0 Å². The van der Waals surface area contributed by atoms with E-state index in [1.165, 1.54) is 18.2 Å². The molecule has 0 aromatic heterocycles. The Morgan fingerprint density at radius 3 is 2.14 bits per heavy atom. The molecule has 2 aromatic rings. The summed E-state index contributed by atoms with van der Waals surface area (Å²) < 4.78 is 6.17. The zero-order valence-electron chi connectivity index (χ0n) is 20.3. The zero-order chi connectivity index (χ0) is 25.9. The van der Waals surface area contributed by atoms with Gasteiger partial charge >= 0.3 is 5.97 Å². The topological polar surface area (TPSA) is 107 Å². The van der Waals surface area contributed by atoms with Crippen LogP contribution in [0.1, 0.15) is 81.2 Å². The number of imide groups is 1. The molecule has 1 N–H and O–H groups in total. The van der Waals surface area contributed by atoms with Crippen LogP contribution in [0, 0.1) is 35.5 Å². The van der Waals surface area contributed by atoms with Crippen LogP contribution >= 0.6 is 0 Å². The second-order valence-corrected chi connectivity index (χ2v) is 10.2. The molecule has 1 heterocycles. The largest absolute Gasteiger partial charge is 0.442 e. The van der Waals surface area contributed by atoms with Gasteiger partial charge in [-0.1, -0.05) is 49.5 Å². The normalized spacial score (nSPS) is 28.7. The molecule has 0 radical (unpaired) electrons. The van der Waals surface area contributed by atoms with Crippen molar-refractivity contribution < 1.29 is 28.7 Å². The monoisotopic (exact) mass is 495 g/mol. The van der Waals surface area contributed by atoms with Gasteiger partial charge in [0, 0.05) is 40.5 Å². The number of benzene rings is 2. The summed E-state index contributed by atoms with van der Waals surface area (Å²) in [6.07, 6.45) is 3.75. The van der Waals surface area contributed by atoms with Gasteiger partial charge in [0.15, 0.2) is 17.2 Å². The van der Waals surface area contributed by atoms with Gasteiger partial charge in [-0.15, -0.1) is 0 Å². The van der Waals surface area contributed by atoms with Crippen LogP contribution in [0.2, 0.25) is 0 Å². The highest BCUT2D eigenvalue weighted by atomic mass is 16.6. The van der Waals surface area contributed by atoms with Gasteiger partial charge in [0.25, 0.3) is 0 Å². The van der Waals surface area contributed by atoms with E-state index < -0.39 is 23.4 Å². The number of hydrogen-bond acceptors (Lipinski definition) is 6. The van der Waals surface area contributed by atoms with Crippen molar-refractivity contribution in [3.63, 3.8) is 0 Å². The van der Waals surface area contributed by atoms with Gasteiger partial charge in [0.05, 0.1) is 17.4 Å². The minimum Gasteiger partial charge on any atom is -0.442 e. The van der Waals surface area contributed by atoms with Crippen LogP contribution in [-0.2, 0) is 14.3 Å². The Bertz CT molecular complexity index is 1430. The fraction of sp³-hybridized carbons (Fsp3) is 0.367. The molecule has 3 aliphatic carbocycles. The van der Waals surface area contributed by atoms with Crippen LogP contribution in [-0.4, -0.2) is 35.0 Å². The molecule has 37 heavy (non-hydrogen) atoms. The van der Waals surface area contributed by atoms with Crippen LogP contribution in [0.15, 0.2) is 42.5 Å². The molecule has 186 valence electrons. The summed E-state index contributed by atoms with van der Waals surface area (Å²) in [5.74, 6) is 2.56. The van der Waals surface area contributed by atoms with Crippen LogP contribution in [0.5, 0.6) is 0 Å². The average molecular weight is 496 g/mol. The van der Waals surface area contributed by atoms with E-state index in [-0.39, 0.29) is 51.9 Å². The molecule has 2 amide bonds. The third kappa shape index (κ3) is 3.32. The molecular weight excluding hydrogens is 470 g/mol. The van der Waals surface area contributed by atoms with Crippen molar-refractivity contribution in [2.75, 3.05) is 0 Å². The fourth-order valence-corrected chi connectivity index (χ4v) is 6.70. The second kappa shape index (κ2) is 8.52. The lowest BCUT2D eigenvalue weighted by atomic mass is 9.81. The predicted molar refractivity (Wildman–Crippen MR) is 132 cm³/mol. The van der Waals surface area contributed by atoms with Crippen molar-refractivity contribution in [3.05, 3.63) is 70.3 Å².